The van der Waals surface area contributed by atoms with Gasteiger partial charge in [0.15, 0.2) is 0 Å². The van der Waals surface area contributed by atoms with Gasteiger partial charge in [0.2, 0.25) is 0 Å². The fraction of sp³-hybridized carbons (Fsp3) is 0.824. The fourth-order valence-corrected chi connectivity index (χ4v) is 2.27. The quantitative estimate of drug-likeness (QED) is 0.303. The van der Waals surface area contributed by atoms with E-state index < -0.39 is 12.1 Å². The van der Waals surface area contributed by atoms with E-state index in [1.54, 1.807) is 13.8 Å². The van der Waals surface area contributed by atoms with Crippen molar-refractivity contribution in [2.45, 2.75) is 84.2 Å². The highest BCUT2D eigenvalue weighted by molar-refractivity contribution is 5.95. The summed E-state index contributed by atoms with van der Waals surface area (Å²) in [5, 5.41) is 9.75. The molecule has 0 aromatic rings. The second kappa shape index (κ2) is 13.4. The van der Waals surface area contributed by atoms with Gasteiger partial charge in [-0.1, -0.05) is 32.1 Å². The minimum atomic E-state index is -0.667. The summed E-state index contributed by atoms with van der Waals surface area (Å²) in [7, 11) is 0. The molecule has 0 rings (SSSR count). The number of Topliss-reactive ketones (excluding diaryl/α,β-unsaturated/α-hetero) is 2. The molecular formula is C17H30O5. The maximum atomic E-state index is 11.5. The number of unbranched alkanes of at least 4 members (excludes halogenated alkanes) is 5. The molecule has 0 fully saturated rings. The van der Waals surface area contributed by atoms with Crippen LogP contribution in [-0.4, -0.2) is 35.4 Å². The van der Waals surface area contributed by atoms with Crippen LogP contribution in [0.15, 0.2) is 0 Å². The highest BCUT2D eigenvalue weighted by atomic mass is 16.5. The molecule has 0 aliphatic rings. The highest BCUT2D eigenvalue weighted by Gasteiger charge is 2.14. The average Bonchev–Trinajstić information content (AvgIpc) is 2.41. The van der Waals surface area contributed by atoms with Crippen LogP contribution >= 0.6 is 0 Å². The molecule has 5 nitrogen and oxygen atoms in total. The maximum Gasteiger partial charge on any atom is 0.313 e. The molecule has 0 amide bonds. The van der Waals surface area contributed by atoms with Crippen molar-refractivity contribution in [1.29, 1.82) is 0 Å². The SMILES string of the molecule is CCOC(=O)CC(=O)CC(O)CCCCCCCCC(C)=O. The number of hydrogen-bond donors (Lipinski definition) is 1. The molecule has 1 N–H and O–H groups in total. The minimum absolute atomic E-state index is 0.0252. The Hall–Kier alpha value is -1.23. The molecule has 0 aromatic carbocycles. The largest absolute Gasteiger partial charge is 0.466 e. The molecule has 0 bridgehead atoms. The monoisotopic (exact) mass is 314 g/mol. The zero-order valence-corrected chi connectivity index (χ0v) is 13.9. The summed E-state index contributed by atoms with van der Waals surface area (Å²) in [6.07, 6.45) is 6.47. The molecule has 1 atom stereocenters. The highest BCUT2D eigenvalue weighted by Crippen LogP contribution is 2.12. The Morgan fingerprint density at radius 2 is 1.59 bits per heavy atom. The van der Waals surface area contributed by atoms with Gasteiger partial charge in [-0.3, -0.25) is 9.59 Å². The fourth-order valence-electron chi connectivity index (χ4n) is 2.27. The first kappa shape index (κ1) is 20.8. The Bertz CT molecular complexity index is 338. The van der Waals surface area contributed by atoms with Crippen LogP contribution < -0.4 is 0 Å². The van der Waals surface area contributed by atoms with Crippen LogP contribution in [-0.2, 0) is 19.1 Å². The Balaban J connectivity index is 3.49. The molecule has 0 radical (unpaired) electrons. The number of carbonyl (C=O) groups is 3. The van der Waals surface area contributed by atoms with Crippen molar-refractivity contribution in [2.24, 2.45) is 0 Å². The van der Waals surface area contributed by atoms with Gasteiger partial charge in [0.05, 0.1) is 12.7 Å². The van der Waals surface area contributed by atoms with E-state index in [-0.39, 0.29) is 31.0 Å². The Kier molecular flexibility index (Phi) is 12.7. The number of aliphatic hydroxyl groups excluding tert-OH is 1. The zero-order chi connectivity index (χ0) is 16.8. The van der Waals surface area contributed by atoms with Crippen LogP contribution in [0.4, 0.5) is 0 Å². The number of ether oxygens (including phenoxy) is 1. The van der Waals surface area contributed by atoms with E-state index in [1.807, 2.05) is 0 Å². The van der Waals surface area contributed by atoms with E-state index in [0.29, 0.717) is 12.8 Å². The van der Waals surface area contributed by atoms with Crippen LogP contribution in [0.5, 0.6) is 0 Å². The second-order valence-corrected chi connectivity index (χ2v) is 5.74. The van der Waals surface area contributed by atoms with Crippen molar-refractivity contribution in [3.63, 3.8) is 0 Å². The average molecular weight is 314 g/mol. The Morgan fingerprint density at radius 3 is 2.18 bits per heavy atom. The zero-order valence-electron chi connectivity index (χ0n) is 13.9. The molecular weight excluding hydrogens is 284 g/mol. The number of carbonyl (C=O) groups excluding carboxylic acids is 3. The number of aliphatic hydroxyl groups is 1. The van der Waals surface area contributed by atoms with E-state index in [0.717, 1.165) is 38.5 Å². The van der Waals surface area contributed by atoms with E-state index in [1.165, 1.54) is 0 Å². The van der Waals surface area contributed by atoms with Crippen LogP contribution in [0.2, 0.25) is 0 Å². The summed E-state index contributed by atoms with van der Waals surface area (Å²) in [6, 6.07) is 0. The maximum absolute atomic E-state index is 11.5. The van der Waals surface area contributed by atoms with Crippen LogP contribution in [0.3, 0.4) is 0 Å². The lowest BCUT2D eigenvalue weighted by molar-refractivity contribution is -0.145. The standard InChI is InChI=1S/C17H30O5/c1-3-22-17(21)13-16(20)12-15(19)11-9-7-5-4-6-8-10-14(2)18/h15,19H,3-13H2,1-2H3. The van der Waals surface area contributed by atoms with Gasteiger partial charge in [-0.15, -0.1) is 0 Å². The molecule has 0 spiro atoms. The van der Waals surface area contributed by atoms with Gasteiger partial charge in [0.1, 0.15) is 18.0 Å². The molecule has 22 heavy (non-hydrogen) atoms. The van der Waals surface area contributed by atoms with Gasteiger partial charge in [-0.05, 0) is 26.7 Å². The van der Waals surface area contributed by atoms with Crippen molar-refractivity contribution < 1.29 is 24.2 Å². The minimum Gasteiger partial charge on any atom is -0.466 e. The molecule has 0 aliphatic heterocycles. The van der Waals surface area contributed by atoms with Gasteiger partial charge in [0, 0.05) is 12.8 Å². The number of rotatable bonds is 14. The molecule has 0 aliphatic carbocycles. The predicted octanol–water partition coefficient (Wildman–Crippen LogP) is 2.97. The summed E-state index contributed by atoms with van der Waals surface area (Å²) >= 11 is 0. The van der Waals surface area contributed by atoms with E-state index in [2.05, 4.69) is 0 Å². The molecule has 1 unspecified atom stereocenters. The Morgan fingerprint density at radius 1 is 1.00 bits per heavy atom. The van der Waals surface area contributed by atoms with Gasteiger partial charge < -0.3 is 14.6 Å². The number of hydrogen-bond acceptors (Lipinski definition) is 5. The van der Waals surface area contributed by atoms with Crippen molar-refractivity contribution >= 4 is 17.5 Å². The van der Waals surface area contributed by atoms with E-state index in [4.69, 9.17) is 4.74 Å². The van der Waals surface area contributed by atoms with E-state index >= 15 is 0 Å². The van der Waals surface area contributed by atoms with Gasteiger partial charge in [-0.2, -0.15) is 0 Å². The van der Waals surface area contributed by atoms with Crippen LogP contribution in [0.1, 0.15) is 78.1 Å². The summed E-state index contributed by atoms with van der Waals surface area (Å²) in [5.74, 6) is -0.545. The normalized spacial score (nSPS) is 12.0. The third kappa shape index (κ3) is 13.7. The molecule has 0 saturated heterocycles. The summed E-state index contributed by atoms with van der Waals surface area (Å²) in [5.41, 5.74) is 0. The smallest absolute Gasteiger partial charge is 0.313 e. The first-order chi connectivity index (χ1) is 10.5. The first-order valence-corrected chi connectivity index (χ1v) is 8.30. The van der Waals surface area contributed by atoms with Crippen LogP contribution in [0, 0.1) is 0 Å². The first-order valence-electron chi connectivity index (χ1n) is 8.30. The lowest BCUT2D eigenvalue weighted by Crippen LogP contribution is -2.17. The van der Waals surface area contributed by atoms with Gasteiger partial charge in [-0.25, -0.2) is 0 Å². The second-order valence-electron chi connectivity index (χ2n) is 5.74. The number of ketones is 2. The molecule has 0 heterocycles. The topological polar surface area (TPSA) is 80.7 Å². The number of esters is 1. The summed E-state index contributed by atoms with van der Waals surface area (Å²) < 4.78 is 4.69. The lowest BCUT2D eigenvalue weighted by atomic mass is 10.0. The van der Waals surface area contributed by atoms with Crippen LogP contribution in [0.25, 0.3) is 0 Å². The van der Waals surface area contributed by atoms with Crippen molar-refractivity contribution in [3.8, 4) is 0 Å². The lowest BCUT2D eigenvalue weighted by Gasteiger charge is -2.09. The summed E-state index contributed by atoms with van der Waals surface area (Å²) in [6.45, 7) is 3.57. The molecule has 0 saturated carbocycles. The van der Waals surface area contributed by atoms with Gasteiger partial charge >= 0.3 is 5.97 Å². The molecule has 128 valence electrons. The van der Waals surface area contributed by atoms with Crippen molar-refractivity contribution in [2.75, 3.05) is 6.61 Å². The third-order valence-electron chi connectivity index (χ3n) is 3.43. The summed E-state index contributed by atoms with van der Waals surface area (Å²) in [4.78, 5) is 33.4. The van der Waals surface area contributed by atoms with Crippen molar-refractivity contribution in [1.82, 2.24) is 0 Å². The molecule has 0 aromatic heterocycles. The molecule has 5 heteroatoms. The van der Waals surface area contributed by atoms with Crippen molar-refractivity contribution in [3.05, 3.63) is 0 Å². The van der Waals surface area contributed by atoms with E-state index in [9.17, 15) is 19.5 Å². The third-order valence-corrected chi connectivity index (χ3v) is 3.43. The predicted molar refractivity (Wildman–Crippen MR) is 84.5 cm³/mol. The van der Waals surface area contributed by atoms with Gasteiger partial charge in [0.25, 0.3) is 0 Å². The Labute approximate surface area is 133 Å².